The summed E-state index contributed by atoms with van der Waals surface area (Å²) in [5.41, 5.74) is 6.20. The first-order valence-corrected chi connectivity index (χ1v) is 5.92. The molecule has 2 nitrogen and oxygen atoms in total. The van der Waals surface area contributed by atoms with Gasteiger partial charge in [0, 0.05) is 12.6 Å². The second kappa shape index (κ2) is 6.41. The Morgan fingerprint density at radius 2 is 1.86 bits per heavy atom. The van der Waals surface area contributed by atoms with Crippen molar-refractivity contribution in [1.29, 1.82) is 0 Å². The second-order valence-corrected chi connectivity index (χ2v) is 5.00. The van der Waals surface area contributed by atoms with Gasteiger partial charge in [0.05, 0.1) is 0 Å². The van der Waals surface area contributed by atoms with E-state index in [0.29, 0.717) is 0 Å². The van der Waals surface area contributed by atoms with Crippen LogP contribution in [0.2, 0.25) is 0 Å². The Bertz CT molecular complexity index is 141. The summed E-state index contributed by atoms with van der Waals surface area (Å²) in [6.07, 6.45) is 2.57. The van der Waals surface area contributed by atoms with Crippen molar-refractivity contribution in [1.82, 2.24) is 4.90 Å². The van der Waals surface area contributed by atoms with Crippen LogP contribution in [0.25, 0.3) is 0 Å². The lowest BCUT2D eigenvalue weighted by molar-refractivity contribution is 0.161. The van der Waals surface area contributed by atoms with E-state index < -0.39 is 0 Å². The van der Waals surface area contributed by atoms with Crippen LogP contribution in [0.1, 0.15) is 47.5 Å². The highest BCUT2D eigenvalue weighted by molar-refractivity contribution is 4.81. The van der Waals surface area contributed by atoms with Crippen molar-refractivity contribution >= 4 is 0 Å². The first-order valence-electron chi connectivity index (χ1n) is 5.92. The molecule has 0 aliphatic carbocycles. The number of rotatable bonds is 7. The molecular weight excluding hydrogens is 172 g/mol. The third-order valence-electron chi connectivity index (χ3n) is 3.14. The number of nitrogens with two attached hydrogens (primary N) is 1. The van der Waals surface area contributed by atoms with Crippen molar-refractivity contribution < 1.29 is 0 Å². The maximum atomic E-state index is 5.98. The van der Waals surface area contributed by atoms with E-state index >= 15 is 0 Å². The van der Waals surface area contributed by atoms with Crippen LogP contribution in [0, 0.1) is 5.41 Å². The summed E-state index contributed by atoms with van der Waals surface area (Å²) >= 11 is 0. The van der Waals surface area contributed by atoms with Gasteiger partial charge >= 0.3 is 0 Å². The molecule has 0 rings (SSSR count). The first kappa shape index (κ1) is 13.9. The summed E-state index contributed by atoms with van der Waals surface area (Å²) in [6, 6.07) is 0.262. The topological polar surface area (TPSA) is 29.3 Å². The number of hydrogen-bond acceptors (Lipinski definition) is 2. The van der Waals surface area contributed by atoms with Crippen LogP contribution in [-0.2, 0) is 0 Å². The van der Waals surface area contributed by atoms with E-state index in [1.54, 1.807) is 0 Å². The van der Waals surface area contributed by atoms with E-state index in [4.69, 9.17) is 5.73 Å². The van der Waals surface area contributed by atoms with E-state index in [0.717, 1.165) is 13.1 Å². The zero-order valence-electron chi connectivity index (χ0n) is 10.6. The third kappa shape index (κ3) is 4.97. The lowest BCUT2D eigenvalue weighted by Crippen LogP contribution is -2.44. The van der Waals surface area contributed by atoms with Crippen molar-refractivity contribution in [3.8, 4) is 0 Å². The Labute approximate surface area is 89.9 Å². The van der Waals surface area contributed by atoms with Gasteiger partial charge in [0.2, 0.25) is 0 Å². The van der Waals surface area contributed by atoms with Gasteiger partial charge in [0.1, 0.15) is 0 Å². The van der Waals surface area contributed by atoms with Crippen LogP contribution in [0.4, 0.5) is 0 Å². The Morgan fingerprint density at radius 1 is 1.29 bits per heavy atom. The van der Waals surface area contributed by atoms with Crippen LogP contribution < -0.4 is 5.73 Å². The number of hydrogen-bond donors (Lipinski definition) is 1. The molecule has 0 saturated carbocycles. The molecule has 0 aromatic rings. The van der Waals surface area contributed by atoms with Crippen molar-refractivity contribution in [2.24, 2.45) is 11.1 Å². The highest BCUT2D eigenvalue weighted by Gasteiger charge is 2.24. The Morgan fingerprint density at radius 3 is 2.21 bits per heavy atom. The lowest BCUT2D eigenvalue weighted by atomic mass is 9.85. The highest BCUT2D eigenvalue weighted by atomic mass is 15.1. The molecule has 0 fully saturated rings. The molecule has 0 spiro atoms. The standard InChI is InChI=1S/C12H28N2/c1-6-8-9-14(7-2)10-12(4,5)11(3)13/h11H,6-10,13H2,1-5H3. The molecule has 0 bridgehead atoms. The zero-order valence-corrected chi connectivity index (χ0v) is 10.6. The Kier molecular flexibility index (Phi) is 6.38. The fourth-order valence-electron chi connectivity index (χ4n) is 1.45. The number of nitrogens with zero attached hydrogens (tertiary/aromatic N) is 1. The average Bonchev–Trinajstić information content (AvgIpc) is 2.11. The monoisotopic (exact) mass is 200 g/mol. The van der Waals surface area contributed by atoms with E-state index in [-0.39, 0.29) is 11.5 Å². The molecule has 86 valence electrons. The Balaban J connectivity index is 4.02. The fraction of sp³-hybridized carbons (Fsp3) is 1.00. The van der Waals surface area contributed by atoms with Crippen LogP contribution in [0.3, 0.4) is 0 Å². The molecule has 14 heavy (non-hydrogen) atoms. The summed E-state index contributed by atoms with van der Waals surface area (Å²) in [5.74, 6) is 0. The van der Waals surface area contributed by atoms with Crippen LogP contribution >= 0.6 is 0 Å². The normalized spacial score (nSPS) is 14.8. The molecule has 0 aliphatic heterocycles. The van der Waals surface area contributed by atoms with Crippen LogP contribution in [0.15, 0.2) is 0 Å². The van der Waals surface area contributed by atoms with Gasteiger partial charge in [0.25, 0.3) is 0 Å². The lowest BCUT2D eigenvalue weighted by Gasteiger charge is -2.35. The maximum Gasteiger partial charge on any atom is 0.00739 e. The van der Waals surface area contributed by atoms with Gasteiger partial charge in [0.15, 0.2) is 0 Å². The van der Waals surface area contributed by atoms with Gasteiger partial charge < -0.3 is 10.6 Å². The molecule has 0 aliphatic rings. The summed E-state index contributed by atoms with van der Waals surface area (Å²) in [7, 11) is 0. The smallest absolute Gasteiger partial charge is 0.00739 e. The minimum atomic E-state index is 0.226. The highest BCUT2D eigenvalue weighted by Crippen LogP contribution is 2.20. The fourth-order valence-corrected chi connectivity index (χ4v) is 1.45. The van der Waals surface area contributed by atoms with E-state index in [1.807, 2.05) is 0 Å². The molecule has 2 heteroatoms. The third-order valence-corrected chi connectivity index (χ3v) is 3.14. The molecule has 1 atom stereocenters. The molecule has 0 aromatic heterocycles. The minimum absolute atomic E-state index is 0.226. The van der Waals surface area contributed by atoms with Crippen molar-refractivity contribution in [2.75, 3.05) is 19.6 Å². The van der Waals surface area contributed by atoms with Crippen molar-refractivity contribution in [3.05, 3.63) is 0 Å². The molecule has 2 N–H and O–H groups in total. The molecule has 0 amide bonds. The van der Waals surface area contributed by atoms with Gasteiger partial charge in [-0.3, -0.25) is 0 Å². The largest absolute Gasteiger partial charge is 0.327 e. The van der Waals surface area contributed by atoms with Crippen LogP contribution in [-0.4, -0.2) is 30.6 Å². The molecule has 0 radical (unpaired) electrons. The van der Waals surface area contributed by atoms with E-state index in [2.05, 4.69) is 39.5 Å². The van der Waals surface area contributed by atoms with E-state index in [1.165, 1.54) is 19.4 Å². The molecular formula is C12H28N2. The minimum Gasteiger partial charge on any atom is -0.327 e. The van der Waals surface area contributed by atoms with Gasteiger partial charge in [-0.15, -0.1) is 0 Å². The summed E-state index contributed by atoms with van der Waals surface area (Å²) in [5, 5.41) is 0. The SMILES string of the molecule is CCCCN(CC)CC(C)(C)C(C)N. The van der Waals surface area contributed by atoms with Gasteiger partial charge in [-0.05, 0) is 31.8 Å². The molecule has 0 saturated heterocycles. The average molecular weight is 200 g/mol. The summed E-state index contributed by atoms with van der Waals surface area (Å²) in [4.78, 5) is 2.51. The van der Waals surface area contributed by atoms with Crippen LogP contribution in [0.5, 0.6) is 0 Å². The molecule has 0 heterocycles. The predicted molar refractivity (Wildman–Crippen MR) is 64.5 cm³/mol. The number of unbranched alkanes of at least 4 members (excludes halogenated alkanes) is 1. The Hall–Kier alpha value is -0.0800. The van der Waals surface area contributed by atoms with Gasteiger partial charge in [-0.2, -0.15) is 0 Å². The quantitative estimate of drug-likeness (QED) is 0.684. The maximum absolute atomic E-state index is 5.98. The predicted octanol–water partition coefficient (Wildman–Crippen LogP) is 2.48. The van der Waals surface area contributed by atoms with Gasteiger partial charge in [-0.1, -0.05) is 34.1 Å². The summed E-state index contributed by atoms with van der Waals surface area (Å²) < 4.78 is 0. The molecule has 1 unspecified atom stereocenters. The van der Waals surface area contributed by atoms with Crippen molar-refractivity contribution in [3.63, 3.8) is 0 Å². The van der Waals surface area contributed by atoms with Gasteiger partial charge in [-0.25, -0.2) is 0 Å². The molecule has 0 aromatic carbocycles. The summed E-state index contributed by atoms with van der Waals surface area (Å²) in [6.45, 7) is 14.5. The zero-order chi connectivity index (χ0) is 11.2. The van der Waals surface area contributed by atoms with Crippen molar-refractivity contribution in [2.45, 2.75) is 53.5 Å². The first-order chi connectivity index (χ1) is 6.44. The second-order valence-electron chi connectivity index (χ2n) is 5.00. The van der Waals surface area contributed by atoms with E-state index in [9.17, 15) is 0 Å².